The van der Waals surface area contributed by atoms with Crippen LogP contribution in [0.5, 0.6) is 0 Å². The van der Waals surface area contributed by atoms with Gasteiger partial charge in [0, 0.05) is 17.4 Å². The van der Waals surface area contributed by atoms with E-state index >= 15 is 0 Å². The average Bonchev–Trinajstić information content (AvgIpc) is 2.34. The number of halogens is 3. The van der Waals surface area contributed by atoms with E-state index < -0.39 is 17.5 Å². The second-order valence-corrected chi connectivity index (χ2v) is 4.32. The van der Waals surface area contributed by atoms with E-state index in [0.717, 1.165) is 17.5 Å². The highest BCUT2D eigenvalue weighted by atomic mass is 79.9. The third kappa shape index (κ3) is 5.10. The van der Waals surface area contributed by atoms with Crippen LogP contribution in [-0.2, 0) is 16.0 Å². The Morgan fingerprint density at radius 1 is 1.28 bits per heavy atom. The van der Waals surface area contributed by atoms with Gasteiger partial charge >= 0.3 is 0 Å². The highest BCUT2D eigenvalue weighted by Gasteiger charge is 2.12. The molecule has 0 saturated heterocycles. The second-order valence-electron chi connectivity index (χ2n) is 3.53. The molecule has 0 fully saturated rings. The third-order valence-corrected chi connectivity index (χ3v) is 2.51. The normalized spacial score (nSPS) is 10.4. The number of benzene rings is 1. The summed E-state index contributed by atoms with van der Waals surface area (Å²) in [6, 6.07) is 3.52. The average molecular weight is 322 g/mol. The summed E-state index contributed by atoms with van der Waals surface area (Å²) >= 11 is 3.19. The van der Waals surface area contributed by atoms with Gasteiger partial charge in [0.2, 0.25) is 5.91 Å². The summed E-state index contributed by atoms with van der Waals surface area (Å²) in [6.07, 6.45) is -0.309. The van der Waals surface area contributed by atoms with Crippen LogP contribution in [0.2, 0.25) is 0 Å². The minimum absolute atomic E-state index is 0.212. The molecule has 1 amide bonds. The van der Waals surface area contributed by atoms with Gasteiger partial charge in [-0.05, 0) is 12.1 Å². The minimum Gasteiger partial charge on any atom is -0.379 e. The van der Waals surface area contributed by atoms with Gasteiger partial charge in [-0.1, -0.05) is 22.0 Å². The molecule has 100 valence electrons. The van der Waals surface area contributed by atoms with Gasteiger partial charge in [-0.3, -0.25) is 4.79 Å². The van der Waals surface area contributed by atoms with E-state index in [0.29, 0.717) is 19.8 Å². The van der Waals surface area contributed by atoms with Gasteiger partial charge in [0.05, 0.1) is 19.6 Å². The van der Waals surface area contributed by atoms with E-state index in [-0.39, 0.29) is 12.0 Å². The van der Waals surface area contributed by atoms with Crippen LogP contribution in [0.1, 0.15) is 5.56 Å². The summed E-state index contributed by atoms with van der Waals surface area (Å²) in [5, 5.41) is 3.26. The number of hydrogen-bond acceptors (Lipinski definition) is 2. The number of carbonyl (C=O) groups is 1. The largest absolute Gasteiger partial charge is 0.379 e. The first-order valence-electron chi connectivity index (χ1n) is 5.48. The third-order valence-electron chi connectivity index (χ3n) is 2.19. The van der Waals surface area contributed by atoms with E-state index in [1.54, 1.807) is 0 Å². The van der Waals surface area contributed by atoms with Crippen LogP contribution < -0.4 is 5.32 Å². The number of nitrogens with one attached hydrogen (secondary N) is 1. The number of carbonyl (C=O) groups excluding carboxylic acids is 1. The van der Waals surface area contributed by atoms with Gasteiger partial charge in [0.25, 0.3) is 0 Å². The molecule has 0 heterocycles. The molecular formula is C12H14BrF2NO2. The van der Waals surface area contributed by atoms with Gasteiger partial charge in [0.15, 0.2) is 0 Å². The SMILES string of the molecule is O=C(Cc1c(F)cccc1F)NCCOCCBr. The van der Waals surface area contributed by atoms with E-state index in [2.05, 4.69) is 21.2 Å². The predicted molar refractivity (Wildman–Crippen MR) is 67.7 cm³/mol. The van der Waals surface area contributed by atoms with E-state index in [1.807, 2.05) is 0 Å². The number of hydrogen-bond donors (Lipinski definition) is 1. The molecule has 0 aliphatic carbocycles. The lowest BCUT2D eigenvalue weighted by molar-refractivity contribution is -0.120. The van der Waals surface area contributed by atoms with Crippen LogP contribution in [0.3, 0.4) is 0 Å². The van der Waals surface area contributed by atoms with E-state index in [4.69, 9.17) is 4.74 Å². The minimum atomic E-state index is -0.708. The number of amides is 1. The molecular weight excluding hydrogens is 308 g/mol. The van der Waals surface area contributed by atoms with Gasteiger partial charge in [-0.25, -0.2) is 8.78 Å². The van der Waals surface area contributed by atoms with Gasteiger partial charge in [-0.15, -0.1) is 0 Å². The Labute approximate surface area is 113 Å². The lowest BCUT2D eigenvalue weighted by Gasteiger charge is -2.07. The first-order valence-corrected chi connectivity index (χ1v) is 6.60. The zero-order valence-electron chi connectivity index (χ0n) is 9.72. The fraction of sp³-hybridized carbons (Fsp3) is 0.417. The van der Waals surface area contributed by atoms with Crippen molar-refractivity contribution in [3.63, 3.8) is 0 Å². The lowest BCUT2D eigenvalue weighted by Crippen LogP contribution is -2.29. The Morgan fingerprint density at radius 3 is 2.56 bits per heavy atom. The van der Waals surface area contributed by atoms with Crippen LogP contribution in [-0.4, -0.2) is 31.0 Å². The van der Waals surface area contributed by atoms with Gasteiger partial charge in [-0.2, -0.15) is 0 Å². The molecule has 1 N–H and O–H groups in total. The van der Waals surface area contributed by atoms with Crippen molar-refractivity contribution >= 4 is 21.8 Å². The maximum Gasteiger partial charge on any atom is 0.224 e. The Hall–Kier alpha value is -1.01. The van der Waals surface area contributed by atoms with E-state index in [1.165, 1.54) is 6.07 Å². The molecule has 3 nitrogen and oxygen atoms in total. The molecule has 0 saturated carbocycles. The standard InChI is InChI=1S/C12H14BrF2NO2/c13-4-6-18-7-5-16-12(17)8-9-10(14)2-1-3-11(9)15/h1-3H,4-8H2,(H,16,17). The summed E-state index contributed by atoms with van der Waals surface area (Å²) < 4.78 is 31.6. The van der Waals surface area contributed by atoms with Crippen molar-refractivity contribution in [1.29, 1.82) is 0 Å². The summed E-state index contributed by atoms with van der Waals surface area (Å²) in [4.78, 5) is 11.4. The van der Waals surface area contributed by atoms with Crippen LogP contribution >= 0.6 is 15.9 Å². The van der Waals surface area contributed by atoms with Crippen molar-refractivity contribution in [2.24, 2.45) is 0 Å². The van der Waals surface area contributed by atoms with Crippen molar-refractivity contribution < 1.29 is 18.3 Å². The molecule has 18 heavy (non-hydrogen) atoms. The molecule has 0 bridgehead atoms. The number of rotatable bonds is 7. The van der Waals surface area contributed by atoms with Crippen LogP contribution in [0.4, 0.5) is 8.78 Å². The van der Waals surface area contributed by atoms with Crippen molar-refractivity contribution in [1.82, 2.24) is 5.32 Å². The van der Waals surface area contributed by atoms with Crippen molar-refractivity contribution in [3.05, 3.63) is 35.4 Å². The molecule has 1 rings (SSSR count). The Balaban J connectivity index is 2.36. The molecule has 0 spiro atoms. The Kier molecular flexibility index (Phi) is 6.82. The van der Waals surface area contributed by atoms with Crippen LogP contribution in [0.15, 0.2) is 18.2 Å². The highest BCUT2D eigenvalue weighted by molar-refractivity contribution is 9.09. The number of ether oxygens (including phenoxy) is 1. The zero-order chi connectivity index (χ0) is 13.4. The summed E-state index contributed by atoms with van der Waals surface area (Å²) in [5.74, 6) is -1.84. The molecule has 1 aromatic carbocycles. The first kappa shape index (κ1) is 15.0. The molecule has 6 heteroatoms. The number of alkyl halides is 1. The summed E-state index contributed by atoms with van der Waals surface area (Å²) in [6.45, 7) is 1.25. The lowest BCUT2D eigenvalue weighted by atomic mass is 10.1. The molecule has 0 radical (unpaired) electrons. The zero-order valence-corrected chi connectivity index (χ0v) is 11.3. The Bertz CT molecular complexity index is 381. The first-order chi connectivity index (χ1) is 8.65. The van der Waals surface area contributed by atoms with Crippen LogP contribution in [0, 0.1) is 11.6 Å². The van der Waals surface area contributed by atoms with Gasteiger partial charge < -0.3 is 10.1 Å². The molecule has 0 aliphatic rings. The Morgan fingerprint density at radius 2 is 1.94 bits per heavy atom. The summed E-state index contributed by atoms with van der Waals surface area (Å²) in [5.41, 5.74) is -0.212. The van der Waals surface area contributed by atoms with Crippen LogP contribution in [0.25, 0.3) is 0 Å². The monoisotopic (exact) mass is 321 g/mol. The quantitative estimate of drug-likeness (QED) is 0.616. The highest BCUT2D eigenvalue weighted by Crippen LogP contribution is 2.12. The van der Waals surface area contributed by atoms with Crippen molar-refractivity contribution in [3.8, 4) is 0 Å². The van der Waals surface area contributed by atoms with E-state index in [9.17, 15) is 13.6 Å². The van der Waals surface area contributed by atoms with Crippen molar-refractivity contribution in [2.45, 2.75) is 6.42 Å². The molecule has 0 aliphatic heterocycles. The molecule has 0 aromatic heterocycles. The topological polar surface area (TPSA) is 38.3 Å². The predicted octanol–water partition coefficient (Wildman–Crippen LogP) is 2.04. The second kappa shape index (κ2) is 8.16. The van der Waals surface area contributed by atoms with Gasteiger partial charge in [0.1, 0.15) is 11.6 Å². The fourth-order valence-corrected chi connectivity index (χ4v) is 1.57. The smallest absolute Gasteiger partial charge is 0.224 e. The molecule has 1 aromatic rings. The molecule has 0 unspecified atom stereocenters. The fourth-order valence-electron chi connectivity index (χ4n) is 1.34. The maximum absolute atomic E-state index is 13.2. The molecule has 0 atom stereocenters. The maximum atomic E-state index is 13.2. The summed E-state index contributed by atoms with van der Waals surface area (Å²) in [7, 11) is 0. The van der Waals surface area contributed by atoms with Crippen molar-refractivity contribution in [2.75, 3.05) is 25.1 Å².